The van der Waals surface area contributed by atoms with Crippen LogP contribution in [0.5, 0.6) is 0 Å². The summed E-state index contributed by atoms with van der Waals surface area (Å²) in [5.41, 5.74) is 0.706. The molecule has 148 valence electrons. The fraction of sp³-hybridized carbons (Fsp3) is 0.714. The molecule has 3 heterocycles. The molecule has 3 aliphatic rings. The lowest BCUT2D eigenvalue weighted by molar-refractivity contribution is -0.127. The lowest BCUT2D eigenvalue weighted by Gasteiger charge is -2.39. The standard InChI is InChI=1S/C21H30N2O3S/c24-19(16-4-2-1-3-5-16)22-14-18-6-8-21(26-18)9-11-23(12-10-21)20(25)17-7-13-27-15-17/h7,13,15-16,18H,1-6,8-12,14H2,(H,22,24). The van der Waals surface area contributed by atoms with Crippen LogP contribution in [-0.2, 0) is 9.53 Å². The summed E-state index contributed by atoms with van der Waals surface area (Å²) in [6.07, 6.45) is 9.67. The van der Waals surface area contributed by atoms with Crippen molar-refractivity contribution >= 4 is 23.2 Å². The summed E-state index contributed by atoms with van der Waals surface area (Å²) in [6.45, 7) is 2.15. The van der Waals surface area contributed by atoms with Crippen LogP contribution in [0.1, 0.15) is 68.1 Å². The minimum atomic E-state index is -0.0916. The van der Waals surface area contributed by atoms with Gasteiger partial charge in [-0.1, -0.05) is 19.3 Å². The van der Waals surface area contributed by atoms with Crippen molar-refractivity contribution in [3.05, 3.63) is 22.4 Å². The summed E-state index contributed by atoms with van der Waals surface area (Å²) < 4.78 is 6.40. The van der Waals surface area contributed by atoms with Crippen LogP contribution < -0.4 is 5.32 Å². The van der Waals surface area contributed by atoms with E-state index < -0.39 is 0 Å². The summed E-state index contributed by atoms with van der Waals surface area (Å²) in [5.74, 6) is 0.566. The molecule has 5 nitrogen and oxygen atoms in total. The highest BCUT2D eigenvalue weighted by molar-refractivity contribution is 7.08. The van der Waals surface area contributed by atoms with Crippen molar-refractivity contribution in [1.29, 1.82) is 0 Å². The molecule has 0 bridgehead atoms. The molecule has 1 saturated carbocycles. The Labute approximate surface area is 165 Å². The van der Waals surface area contributed by atoms with Gasteiger partial charge in [-0.15, -0.1) is 0 Å². The van der Waals surface area contributed by atoms with E-state index in [2.05, 4.69) is 5.32 Å². The number of thiophene rings is 1. The predicted octanol–water partition coefficient (Wildman–Crippen LogP) is 3.60. The Bertz CT molecular complexity index is 646. The van der Waals surface area contributed by atoms with Crippen molar-refractivity contribution in [2.75, 3.05) is 19.6 Å². The van der Waals surface area contributed by atoms with E-state index in [-0.39, 0.29) is 29.4 Å². The van der Waals surface area contributed by atoms with Crippen LogP contribution in [-0.4, -0.2) is 48.1 Å². The molecular formula is C21H30N2O3S. The van der Waals surface area contributed by atoms with E-state index in [1.54, 1.807) is 11.3 Å². The van der Waals surface area contributed by atoms with E-state index in [0.29, 0.717) is 6.54 Å². The Kier molecular flexibility index (Phi) is 5.83. The molecule has 1 N–H and O–H groups in total. The van der Waals surface area contributed by atoms with Gasteiger partial charge in [0.2, 0.25) is 5.91 Å². The molecule has 2 amide bonds. The van der Waals surface area contributed by atoms with Gasteiger partial charge < -0.3 is 15.0 Å². The van der Waals surface area contributed by atoms with Crippen molar-refractivity contribution in [2.24, 2.45) is 5.92 Å². The van der Waals surface area contributed by atoms with Gasteiger partial charge >= 0.3 is 0 Å². The topological polar surface area (TPSA) is 58.6 Å². The second-order valence-electron chi connectivity index (χ2n) is 8.35. The highest BCUT2D eigenvalue weighted by atomic mass is 32.1. The van der Waals surface area contributed by atoms with E-state index in [1.807, 2.05) is 21.7 Å². The molecule has 1 aromatic heterocycles. The summed E-state index contributed by atoms with van der Waals surface area (Å²) in [6, 6.07) is 1.90. The number of hydrogen-bond donors (Lipinski definition) is 1. The third kappa shape index (κ3) is 4.37. The molecule has 6 heteroatoms. The highest BCUT2D eigenvalue weighted by Gasteiger charge is 2.43. The Morgan fingerprint density at radius 1 is 1.15 bits per heavy atom. The maximum Gasteiger partial charge on any atom is 0.254 e. The molecule has 0 aromatic carbocycles. The molecule has 4 rings (SSSR count). The van der Waals surface area contributed by atoms with Gasteiger partial charge in [0.1, 0.15) is 0 Å². The molecule has 2 aliphatic heterocycles. The zero-order valence-electron chi connectivity index (χ0n) is 16.0. The SMILES string of the molecule is O=C(NCC1CCC2(CCN(C(=O)c3ccsc3)CC2)O1)C1CCCCC1. The average molecular weight is 391 g/mol. The fourth-order valence-corrected chi connectivity index (χ4v) is 5.45. The first-order valence-corrected chi connectivity index (χ1v) is 11.4. The number of nitrogens with zero attached hydrogens (tertiary/aromatic N) is 1. The van der Waals surface area contributed by atoms with Crippen LogP contribution in [0.25, 0.3) is 0 Å². The largest absolute Gasteiger partial charge is 0.370 e. The molecule has 3 fully saturated rings. The Hall–Kier alpha value is -1.40. The van der Waals surface area contributed by atoms with Crippen LogP contribution in [0.15, 0.2) is 16.8 Å². The second kappa shape index (κ2) is 8.31. The van der Waals surface area contributed by atoms with E-state index in [9.17, 15) is 9.59 Å². The smallest absolute Gasteiger partial charge is 0.254 e. The van der Waals surface area contributed by atoms with E-state index >= 15 is 0 Å². The van der Waals surface area contributed by atoms with Crippen molar-refractivity contribution < 1.29 is 14.3 Å². The van der Waals surface area contributed by atoms with Crippen LogP contribution in [0.4, 0.5) is 0 Å². The quantitative estimate of drug-likeness (QED) is 0.855. The van der Waals surface area contributed by atoms with Gasteiger partial charge in [-0.2, -0.15) is 11.3 Å². The summed E-state index contributed by atoms with van der Waals surface area (Å²) in [7, 11) is 0. The minimum Gasteiger partial charge on any atom is -0.370 e. The molecule has 27 heavy (non-hydrogen) atoms. The Balaban J connectivity index is 1.22. The zero-order chi connectivity index (χ0) is 18.7. The molecular weight excluding hydrogens is 360 g/mol. The van der Waals surface area contributed by atoms with E-state index in [0.717, 1.165) is 57.2 Å². The first-order chi connectivity index (χ1) is 13.2. The Morgan fingerprint density at radius 3 is 2.63 bits per heavy atom. The lowest BCUT2D eigenvalue weighted by atomic mass is 9.88. The van der Waals surface area contributed by atoms with Crippen LogP contribution in [0.2, 0.25) is 0 Å². The fourth-order valence-electron chi connectivity index (χ4n) is 4.82. The molecule has 2 saturated heterocycles. The number of piperidine rings is 1. The van der Waals surface area contributed by atoms with Crippen molar-refractivity contribution in [1.82, 2.24) is 10.2 Å². The van der Waals surface area contributed by atoms with Crippen molar-refractivity contribution in [2.45, 2.75) is 69.5 Å². The zero-order valence-corrected chi connectivity index (χ0v) is 16.8. The second-order valence-corrected chi connectivity index (χ2v) is 9.13. The number of hydrogen-bond acceptors (Lipinski definition) is 4. The minimum absolute atomic E-state index is 0.0916. The van der Waals surface area contributed by atoms with Gasteiger partial charge in [0.25, 0.3) is 5.91 Å². The molecule has 1 aromatic rings. The number of nitrogens with one attached hydrogen (secondary N) is 1. The maximum atomic E-state index is 12.5. The average Bonchev–Trinajstić information content (AvgIpc) is 3.38. The van der Waals surface area contributed by atoms with Crippen LogP contribution >= 0.6 is 11.3 Å². The van der Waals surface area contributed by atoms with Gasteiger partial charge in [-0.3, -0.25) is 9.59 Å². The van der Waals surface area contributed by atoms with Crippen LogP contribution in [0.3, 0.4) is 0 Å². The van der Waals surface area contributed by atoms with Gasteiger partial charge in [-0.05, 0) is 50.0 Å². The van der Waals surface area contributed by atoms with E-state index in [1.165, 1.54) is 19.3 Å². The first-order valence-electron chi connectivity index (χ1n) is 10.4. The van der Waals surface area contributed by atoms with E-state index in [4.69, 9.17) is 4.74 Å². The number of carbonyl (C=O) groups excluding carboxylic acids is 2. The molecule has 1 atom stereocenters. The molecule has 0 radical (unpaired) electrons. The third-order valence-electron chi connectivity index (χ3n) is 6.55. The molecule has 1 unspecified atom stereocenters. The highest BCUT2D eigenvalue weighted by Crippen LogP contribution is 2.39. The van der Waals surface area contributed by atoms with Crippen molar-refractivity contribution in [3.63, 3.8) is 0 Å². The number of rotatable bonds is 4. The predicted molar refractivity (Wildman–Crippen MR) is 106 cm³/mol. The number of ether oxygens (including phenoxy) is 1. The molecule has 1 spiro atoms. The van der Waals surface area contributed by atoms with Crippen LogP contribution in [0, 0.1) is 5.92 Å². The summed E-state index contributed by atoms with van der Waals surface area (Å²) in [4.78, 5) is 26.8. The summed E-state index contributed by atoms with van der Waals surface area (Å²) in [5, 5.41) is 7.00. The van der Waals surface area contributed by atoms with Gasteiger partial charge in [0.05, 0.1) is 17.3 Å². The Morgan fingerprint density at radius 2 is 1.93 bits per heavy atom. The third-order valence-corrected chi connectivity index (χ3v) is 7.23. The van der Waals surface area contributed by atoms with Gasteiger partial charge in [0.15, 0.2) is 0 Å². The lowest BCUT2D eigenvalue weighted by Crippen LogP contribution is -2.47. The summed E-state index contributed by atoms with van der Waals surface area (Å²) >= 11 is 1.56. The number of amides is 2. The number of likely N-dealkylation sites (tertiary alicyclic amines) is 1. The first kappa shape index (κ1) is 18.9. The van der Waals surface area contributed by atoms with Crippen molar-refractivity contribution in [3.8, 4) is 0 Å². The monoisotopic (exact) mass is 390 g/mol. The molecule has 1 aliphatic carbocycles. The maximum absolute atomic E-state index is 12.5. The van der Waals surface area contributed by atoms with Gasteiger partial charge in [-0.25, -0.2) is 0 Å². The number of carbonyl (C=O) groups is 2. The van der Waals surface area contributed by atoms with Gasteiger partial charge in [0, 0.05) is 30.9 Å². The normalized spacial score (nSPS) is 25.6.